The molecule has 0 aliphatic rings. The molecule has 4 rings (SSSR count). The normalized spacial score (nSPS) is 10.6. The molecular weight excluding hydrogens is 392 g/mol. The number of hydrogen-bond donors (Lipinski definition) is 0. The van der Waals surface area contributed by atoms with Crippen molar-refractivity contribution in [1.29, 1.82) is 0 Å². The predicted octanol–water partition coefficient (Wildman–Crippen LogP) is 6.26. The number of benzene rings is 2. The van der Waals surface area contributed by atoms with E-state index in [2.05, 4.69) is 4.98 Å². The maximum absolute atomic E-state index is 13.0. The molecule has 0 saturated heterocycles. The Labute approximate surface area is 180 Å². The van der Waals surface area contributed by atoms with Gasteiger partial charge in [0.1, 0.15) is 11.5 Å². The summed E-state index contributed by atoms with van der Waals surface area (Å²) in [6.45, 7) is 3.23. The van der Waals surface area contributed by atoms with Crippen LogP contribution in [0.3, 0.4) is 0 Å². The zero-order valence-corrected chi connectivity index (χ0v) is 17.5. The van der Waals surface area contributed by atoms with Crippen molar-refractivity contribution in [2.24, 2.45) is 0 Å². The standard InChI is InChI=1S/C25H22N2O2S/c1-2-27(18-19-14-16-26-17-15-19)25(28)24-13-12-23(30-24)20-8-10-22(11-9-20)29-21-6-4-3-5-7-21/h3-17H,2,18H2,1H3. The van der Waals surface area contributed by atoms with Gasteiger partial charge in [-0.1, -0.05) is 18.2 Å². The van der Waals surface area contributed by atoms with E-state index < -0.39 is 0 Å². The van der Waals surface area contributed by atoms with Gasteiger partial charge in [-0.05, 0) is 78.7 Å². The first-order valence-electron chi connectivity index (χ1n) is 9.84. The van der Waals surface area contributed by atoms with Crippen molar-refractivity contribution in [2.75, 3.05) is 6.54 Å². The predicted molar refractivity (Wildman–Crippen MR) is 121 cm³/mol. The Hall–Kier alpha value is -3.44. The summed E-state index contributed by atoms with van der Waals surface area (Å²) in [4.78, 5) is 20.7. The summed E-state index contributed by atoms with van der Waals surface area (Å²) in [6, 6.07) is 25.4. The third kappa shape index (κ3) is 4.75. The molecule has 2 heterocycles. The van der Waals surface area contributed by atoms with Gasteiger partial charge in [0, 0.05) is 30.4 Å². The molecule has 0 atom stereocenters. The molecule has 2 aromatic carbocycles. The second kappa shape index (κ2) is 9.37. The van der Waals surface area contributed by atoms with Gasteiger partial charge in [-0.2, -0.15) is 0 Å². The Morgan fingerprint density at radius 3 is 2.30 bits per heavy atom. The molecule has 4 nitrogen and oxygen atoms in total. The molecule has 0 aliphatic carbocycles. The summed E-state index contributed by atoms with van der Waals surface area (Å²) in [5.41, 5.74) is 2.14. The zero-order chi connectivity index (χ0) is 20.8. The molecule has 4 aromatic rings. The van der Waals surface area contributed by atoms with Crippen LogP contribution in [0.5, 0.6) is 11.5 Å². The summed E-state index contributed by atoms with van der Waals surface area (Å²) in [5.74, 6) is 1.64. The van der Waals surface area contributed by atoms with Gasteiger partial charge in [0.2, 0.25) is 0 Å². The van der Waals surface area contributed by atoms with Crippen LogP contribution >= 0.6 is 11.3 Å². The third-order valence-electron chi connectivity index (χ3n) is 4.73. The summed E-state index contributed by atoms with van der Waals surface area (Å²) < 4.78 is 5.85. The van der Waals surface area contributed by atoms with Crippen LogP contribution in [0.2, 0.25) is 0 Å². The minimum atomic E-state index is 0.0505. The third-order valence-corrected chi connectivity index (χ3v) is 5.85. The quantitative estimate of drug-likeness (QED) is 0.358. The number of carbonyl (C=O) groups excluding carboxylic acids is 1. The molecule has 0 unspecified atom stereocenters. The van der Waals surface area contributed by atoms with Crippen LogP contribution in [0.25, 0.3) is 10.4 Å². The van der Waals surface area contributed by atoms with E-state index in [4.69, 9.17) is 4.74 Å². The topological polar surface area (TPSA) is 42.4 Å². The minimum Gasteiger partial charge on any atom is -0.457 e. The first-order valence-corrected chi connectivity index (χ1v) is 10.7. The lowest BCUT2D eigenvalue weighted by Gasteiger charge is -2.20. The number of aromatic nitrogens is 1. The van der Waals surface area contributed by atoms with E-state index in [0.29, 0.717) is 13.1 Å². The van der Waals surface area contributed by atoms with Crippen LogP contribution in [-0.2, 0) is 6.54 Å². The zero-order valence-electron chi connectivity index (χ0n) is 16.7. The fraction of sp³-hybridized carbons (Fsp3) is 0.120. The maximum atomic E-state index is 13.0. The van der Waals surface area contributed by atoms with Crippen LogP contribution in [-0.4, -0.2) is 22.3 Å². The molecule has 1 amide bonds. The smallest absolute Gasteiger partial charge is 0.264 e. The Morgan fingerprint density at radius 2 is 1.60 bits per heavy atom. The van der Waals surface area contributed by atoms with E-state index in [1.807, 2.05) is 90.7 Å². The number of para-hydroxylation sites is 1. The largest absolute Gasteiger partial charge is 0.457 e. The highest BCUT2D eigenvalue weighted by atomic mass is 32.1. The van der Waals surface area contributed by atoms with Crippen molar-refractivity contribution in [3.05, 3.63) is 102 Å². The summed E-state index contributed by atoms with van der Waals surface area (Å²) in [7, 11) is 0. The van der Waals surface area contributed by atoms with Crippen LogP contribution in [0.4, 0.5) is 0 Å². The van der Waals surface area contributed by atoms with Crippen molar-refractivity contribution in [3.8, 4) is 21.9 Å². The van der Waals surface area contributed by atoms with Gasteiger partial charge >= 0.3 is 0 Å². The Kier molecular flexibility index (Phi) is 6.20. The van der Waals surface area contributed by atoms with Gasteiger partial charge in [0.05, 0.1) is 4.88 Å². The monoisotopic (exact) mass is 414 g/mol. The van der Waals surface area contributed by atoms with Crippen LogP contribution in [0.1, 0.15) is 22.2 Å². The van der Waals surface area contributed by atoms with E-state index in [-0.39, 0.29) is 5.91 Å². The van der Waals surface area contributed by atoms with E-state index in [0.717, 1.165) is 32.4 Å². The molecule has 150 valence electrons. The average molecular weight is 415 g/mol. The van der Waals surface area contributed by atoms with Gasteiger partial charge < -0.3 is 9.64 Å². The van der Waals surface area contributed by atoms with Crippen molar-refractivity contribution in [3.63, 3.8) is 0 Å². The van der Waals surface area contributed by atoms with E-state index in [1.54, 1.807) is 12.4 Å². The van der Waals surface area contributed by atoms with E-state index >= 15 is 0 Å². The molecule has 0 fully saturated rings. The van der Waals surface area contributed by atoms with Crippen molar-refractivity contribution >= 4 is 17.2 Å². The molecule has 0 saturated carbocycles. The van der Waals surface area contributed by atoms with Gasteiger partial charge in [0.25, 0.3) is 5.91 Å². The number of ether oxygens (including phenoxy) is 1. The van der Waals surface area contributed by atoms with Crippen molar-refractivity contribution < 1.29 is 9.53 Å². The second-order valence-electron chi connectivity index (χ2n) is 6.78. The number of hydrogen-bond acceptors (Lipinski definition) is 4. The lowest BCUT2D eigenvalue weighted by molar-refractivity contribution is 0.0757. The Bertz CT molecular complexity index is 1090. The van der Waals surface area contributed by atoms with Crippen LogP contribution in [0.15, 0.2) is 91.3 Å². The SMILES string of the molecule is CCN(Cc1ccncc1)C(=O)c1ccc(-c2ccc(Oc3ccccc3)cc2)s1. The van der Waals surface area contributed by atoms with Crippen LogP contribution < -0.4 is 4.74 Å². The van der Waals surface area contributed by atoms with Crippen LogP contribution in [0, 0.1) is 0 Å². The number of pyridine rings is 1. The summed E-state index contributed by atoms with van der Waals surface area (Å²) >= 11 is 1.51. The van der Waals surface area contributed by atoms with Gasteiger partial charge in [-0.3, -0.25) is 9.78 Å². The lowest BCUT2D eigenvalue weighted by atomic mass is 10.2. The Morgan fingerprint density at radius 1 is 0.900 bits per heavy atom. The number of thiophene rings is 1. The average Bonchev–Trinajstić information content (AvgIpc) is 3.29. The van der Waals surface area contributed by atoms with Crippen molar-refractivity contribution in [1.82, 2.24) is 9.88 Å². The number of nitrogens with zero attached hydrogens (tertiary/aromatic N) is 2. The molecule has 0 bridgehead atoms. The molecule has 2 aromatic heterocycles. The van der Waals surface area contributed by atoms with Crippen molar-refractivity contribution in [2.45, 2.75) is 13.5 Å². The molecule has 0 aliphatic heterocycles. The fourth-order valence-electron chi connectivity index (χ4n) is 3.11. The summed E-state index contributed by atoms with van der Waals surface area (Å²) in [5, 5.41) is 0. The van der Waals surface area contributed by atoms with Gasteiger partial charge in [0.15, 0.2) is 0 Å². The minimum absolute atomic E-state index is 0.0505. The van der Waals surface area contributed by atoms with E-state index in [9.17, 15) is 4.79 Å². The highest BCUT2D eigenvalue weighted by Crippen LogP contribution is 2.31. The molecule has 30 heavy (non-hydrogen) atoms. The summed E-state index contributed by atoms with van der Waals surface area (Å²) in [6.07, 6.45) is 3.50. The molecule has 0 spiro atoms. The molecule has 5 heteroatoms. The van der Waals surface area contributed by atoms with E-state index in [1.165, 1.54) is 11.3 Å². The molecule has 0 N–H and O–H groups in total. The first-order chi connectivity index (χ1) is 14.7. The number of carbonyl (C=O) groups is 1. The fourth-order valence-corrected chi connectivity index (χ4v) is 4.09. The molecular formula is C25H22N2O2S. The highest BCUT2D eigenvalue weighted by molar-refractivity contribution is 7.17. The maximum Gasteiger partial charge on any atom is 0.264 e. The first kappa shape index (κ1) is 19.9. The van der Waals surface area contributed by atoms with Gasteiger partial charge in [-0.25, -0.2) is 0 Å². The number of amides is 1. The van der Waals surface area contributed by atoms with Gasteiger partial charge in [-0.15, -0.1) is 11.3 Å². The highest BCUT2D eigenvalue weighted by Gasteiger charge is 2.17. The molecule has 0 radical (unpaired) electrons. The second-order valence-corrected chi connectivity index (χ2v) is 7.86. The Balaban J connectivity index is 1.45. The number of rotatable bonds is 7. The lowest BCUT2D eigenvalue weighted by Crippen LogP contribution is -2.29.